The van der Waals surface area contributed by atoms with E-state index < -0.39 is 18.1 Å². The predicted molar refractivity (Wildman–Crippen MR) is 84.0 cm³/mol. The molecule has 0 bridgehead atoms. The van der Waals surface area contributed by atoms with Gasteiger partial charge in [0.25, 0.3) is 0 Å². The summed E-state index contributed by atoms with van der Waals surface area (Å²) in [5.41, 5.74) is 1.07. The van der Waals surface area contributed by atoms with Crippen molar-refractivity contribution in [1.29, 1.82) is 0 Å². The van der Waals surface area contributed by atoms with Crippen molar-refractivity contribution in [2.45, 2.75) is 25.9 Å². The molecule has 1 saturated heterocycles. The third-order valence-corrected chi connectivity index (χ3v) is 4.99. The van der Waals surface area contributed by atoms with Crippen molar-refractivity contribution in [3.63, 3.8) is 0 Å². The number of hydrogen-bond donors (Lipinski definition) is 0. The fourth-order valence-electron chi connectivity index (χ4n) is 2.57. The fraction of sp³-hybridized carbons (Fsp3) is 0.571. The first kappa shape index (κ1) is 17.3. The van der Waals surface area contributed by atoms with E-state index in [1.54, 1.807) is 18.0 Å². The monoisotopic (exact) mass is 428 g/mol. The van der Waals surface area contributed by atoms with Crippen LogP contribution in [0.2, 0.25) is 0 Å². The molecule has 1 aromatic heterocycles. The Bertz CT molecular complexity index is 570. The Balaban J connectivity index is 2.27. The molecule has 0 saturated carbocycles. The quantitative estimate of drug-likeness (QED) is 0.534. The van der Waals surface area contributed by atoms with Crippen molar-refractivity contribution < 1.29 is 22.7 Å². The van der Waals surface area contributed by atoms with E-state index in [1.165, 1.54) is 7.11 Å². The lowest BCUT2D eigenvalue weighted by molar-refractivity contribution is -0.179. The van der Waals surface area contributed by atoms with Gasteiger partial charge >= 0.3 is 12.1 Å². The zero-order chi connectivity index (χ0) is 16.5. The van der Waals surface area contributed by atoms with Crippen LogP contribution in [0.1, 0.15) is 28.8 Å². The SMILES string of the molecule is COC(=O)c1c(N2CCC(C(F)(F)F)CC2)ncc(I)c1C. The van der Waals surface area contributed by atoms with Gasteiger partial charge in [0.15, 0.2) is 0 Å². The van der Waals surface area contributed by atoms with Crippen LogP contribution in [0.15, 0.2) is 6.20 Å². The summed E-state index contributed by atoms with van der Waals surface area (Å²) in [7, 11) is 1.28. The van der Waals surface area contributed by atoms with E-state index in [0.717, 1.165) is 9.13 Å². The van der Waals surface area contributed by atoms with Gasteiger partial charge in [0, 0.05) is 22.9 Å². The summed E-state index contributed by atoms with van der Waals surface area (Å²) in [4.78, 5) is 18.0. The maximum absolute atomic E-state index is 12.7. The smallest absolute Gasteiger partial charge is 0.391 e. The van der Waals surface area contributed by atoms with Crippen LogP contribution in [-0.2, 0) is 4.74 Å². The van der Waals surface area contributed by atoms with Gasteiger partial charge in [-0.05, 0) is 47.9 Å². The lowest BCUT2D eigenvalue weighted by atomic mass is 9.96. The fourth-order valence-corrected chi connectivity index (χ4v) is 2.98. The highest BCUT2D eigenvalue weighted by Crippen LogP contribution is 2.36. The van der Waals surface area contributed by atoms with Crippen LogP contribution < -0.4 is 4.90 Å². The molecule has 8 heteroatoms. The van der Waals surface area contributed by atoms with Gasteiger partial charge in [0.1, 0.15) is 11.4 Å². The van der Waals surface area contributed by atoms with Crippen molar-refractivity contribution in [2.24, 2.45) is 5.92 Å². The van der Waals surface area contributed by atoms with Crippen LogP contribution in [0, 0.1) is 16.4 Å². The van der Waals surface area contributed by atoms with E-state index >= 15 is 0 Å². The summed E-state index contributed by atoms with van der Waals surface area (Å²) in [6, 6.07) is 0. The number of esters is 1. The number of carbonyl (C=O) groups excluding carboxylic acids is 1. The number of carbonyl (C=O) groups is 1. The molecule has 2 heterocycles. The van der Waals surface area contributed by atoms with Crippen LogP contribution in [0.5, 0.6) is 0 Å². The number of halogens is 4. The minimum atomic E-state index is -4.16. The van der Waals surface area contributed by atoms with Crippen LogP contribution in [-0.4, -0.2) is 37.3 Å². The van der Waals surface area contributed by atoms with E-state index in [9.17, 15) is 18.0 Å². The zero-order valence-corrected chi connectivity index (χ0v) is 14.4. The Hall–Kier alpha value is -1.06. The van der Waals surface area contributed by atoms with Gasteiger partial charge in [0.05, 0.1) is 13.0 Å². The van der Waals surface area contributed by atoms with Crippen molar-refractivity contribution in [3.05, 3.63) is 20.9 Å². The molecule has 1 aliphatic heterocycles. The molecule has 0 aromatic carbocycles. The van der Waals surface area contributed by atoms with Crippen molar-refractivity contribution in [1.82, 2.24) is 4.98 Å². The molecule has 0 N–H and O–H groups in total. The van der Waals surface area contributed by atoms with Gasteiger partial charge in [-0.2, -0.15) is 13.2 Å². The van der Waals surface area contributed by atoms with Crippen molar-refractivity contribution in [3.8, 4) is 0 Å². The normalized spacial score (nSPS) is 16.7. The molecule has 0 unspecified atom stereocenters. The summed E-state index contributed by atoms with van der Waals surface area (Å²) in [6.45, 7) is 2.23. The lowest BCUT2D eigenvalue weighted by Gasteiger charge is -2.34. The Morgan fingerprint density at radius 3 is 2.50 bits per heavy atom. The molecular formula is C14H16F3IN2O2. The van der Waals surface area contributed by atoms with Gasteiger partial charge < -0.3 is 9.64 Å². The second-order valence-electron chi connectivity index (χ2n) is 5.22. The first-order valence-electron chi connectivity index (χ1n) is 6.80. The minimum Gasteiger partial charge on any atom is -0.465 e. The molecule has 0 atom stereocenters. The third-order valence-electron chi connectivity index (χ3n) is 3.90. The van der Waals surface area contributed by atoms with Gasteiger partial charge in [-0.25, -0.2) is 9.78 Å². The summed E-state index contributed by atoms with van der Waals surface area (Å²) in [6.07, 6.45) is -2.52. The van der Waals surface area contributed by atoms with Crippen LogP contribution in [0.25, 0.3) is 0 Å². The number of pyridine rings is 1. The summed E-state index contributed by atoms with van der Waals surface area (Å²) >= 11 is 2.06. The number of anilines is 1. The molecule has 0 radical (unpaired) electrons. The number of aromatic nitrogens is 1. The highest BCUT2D eigenvalue weighted by atomic mass is 127. The maximum Gasteiger partial charge on any atom is 0.391 e. The minimum absolute atomic E-state index is 0.0107. The highest BCUT2D eigenvalue weighted by molar-refractivity contribution is 14.1. The third kappa shape index (κ3) is 3.47. The van der Waals surface area contributed by atoms with Crippen molar-refractivity contribution >= 4 is 34.4 Å². The number of hydrogen-bond acceptors (Lipinski definition) is 4. The molecular weight excluding hydrogens is 412 g/mol. The van der Waals surface area contributed by atoms with Crippen molar-refractivity contribution in [2.75, 3.05) is 25.1 Å². The topological polar surface area (TPSA) is 42.4 Å². The van der Waals surface area contributed by atoms with Gasteiger partial charge in [0.2, 0.25) is 0 Å². The largest absolute Gasteiger partial charge is 0.465 e. The molecule has 0 spiro atoms. The Kier molecular flexibility index (Phi) is 5.18. The van der Waals surface area contributed by atoms with E-state index in [-0.39, 0.29) is 25.9 Å². The number of ether oxygens (including phenoxy) is 1. The van der Waals surface area contributed by atoms with Gasteiger partial charge in [-0.3, -0.25) is 0 Å². The molecule has 0 aliphatic carbocycles. The Morgan fingerprint density at radius 1 is 1.41 bits per heavy atom. The van der Waals surface area contributed by atoms with Crippen LogP contribution in [0.4, 0.5) is 19.0 Å². The van der Waals surface area contributed by atoms with E-state index in [1.807, 2.05) is 0 Å². The number of nitrogens with zero attached hydrogens (tertiary/aromatic N) is 2. The second kappa shape index (κ2) is 6.59. The first-order chi connectivity index (χ1) is 10.3. The Morgan fingerprint density at radius 2 is 2.00 bits per heavy atom. The number of alkyl halides is 3. The molecule has 0 amide bonds. The predicted octanol–water partition coefficient (Wildman–Crippen LogP) is 3.56. The summed E-state index contributed by atoms with van der Waals surface area (Å²) < 4.78 is 43.8. The van der Waals surface area contributed by atoms with Gasteiger partial charge in [-0.15, -0.1) is 0 Å². The molecule has 122 valence electrons. The van der Waals surface area contributed by atoms with Gasteiger partial charge in [-0.1, -0.05) is 0 Å². The molecule has 22 heavy (non-hydrogen) atoms. The molecule has 1 aromatic rings. The lowest BCUT2D eigenvalue weighted by Crippen LogP contribution is -2.40. The maximum atomic E-state index is 12.7. The molecule has 1 fully saturated rings. The average molecular weight is 428 g/mol. The molecule has 4 nitrogen and oxygen atoms in total. The Labute approximate surface area is 140 Å². The zero-order valence-electron chi connectivity index (χ0n) is 12.2. The van der Waals surface area contributed by atoms with E-state index in [2.05, 4.69) is 27.6 Å². The average Bonchev–Trinajstić information content (AvgIpc) is 2.48. The van der Waals surface area contributed by atoms with E-state index in [0.29, 0.717) is 11.4 Å². The number of rotatable bonds is 2. The second-order valence-corrected chi connectivity index (χ2v) is 6.39. The standard InChI is InChI=1S/C14H16F3IN2O2/c1-8-10(18)7-19-12(11(8)13(21)22-2)20-5-3-9(4-6-20)14(15,16)17/h7,9H,3-6H2,1-2H3. The van der Waals surface area contributed by atoms with E-state index in [4.69, 9.17) is 4.74 Å². The molecule has 2 rings (SSSR count). The van der Waals surface area contributed by atoms with Crippen LogP contribution in [0.3, 0.4) is 0 Å². The first-order valence-corrected chi connectivity index (χ1v) is 7.88. The number of piperidine rings is 1. The number of methoxy groups -OCH3 is 1. The summed E-state index contributed by atoms with van der Waals surface area (Å²) in [5.74, 6) is -1.39. The van der Waals surface area contributed by atoms with Crippen LogP contribution >= 0.6 is 22.6 Å². The highest BCUT2D eigenvalue weighted by Gasteiger charge is 2.41. The molecule has 1 aliphatic rings. The summed E-state index contributed by atoms with van der Waals surface area (Å²) in [5, 5.41) is 0.